The van der Waals surface area contributed by atoms with E-state index in [9.17, 15) is 9.59 Å². The number of hydrogen-bond donors (Lipinski definition) is 1. The topological polar surface area (TPSA) is 72.1 Å². The Bertz CT molecular complexity index is 704. The van der Waals surface area contributed by atoms with Crippen LogP contribution in [-0.2, 0) is 0 Å². The highest BCUT2D eigenvalue weighted by Gasteiger charge is 2.10. The molecule has 1 aromatic heterocycles. The van der Waals surface area contributed by atoms with Crippen LogP contribution in [0.25, 0.3) is 10.5 Å². The Labute approximate surface area is 96.0 Å². The van der Waals surface area contributed by atoms with Crippen LogP contribution in [0.1, 0.15) is 5.56 Å². The minimum atomic E-state index is -0.770. The number of H-pyrrole nitrogens is 1. The monoisotopic (exact) mass is 228 g/mol. The van der Waals surface area contributed by atoms with E-state index >= 15 is 0 Å². The second-order valence-corrected chi connectivity index (χ2v) is 3.44. The molecule has 1 heterocycles. The maximum atomic E-state index is 11.5. The fourth-order valence-corrected chi connectivity index (χ4v) is 1.33. The molecule has 1 N–H and O–H groups in total. The summed E-state index contributed by atoms with van der Waals surface area (Å²) in [6.07, 6.45) is 0. The summed E-state index contributed by atoms with van der Waals surface area (Å²) in [5.41, 5.74) is 0.109. The van der Waals surface area contributed by atoms with E-state index in [1.54, 1.807) is 12.1 Å². The van der Waals surface area contributed by atoms with Gasteiger partial charge in [0.2, 0.25) is 0 Å². The van der Waals surface area contributed by atoms with Crippen LogP contribution in [0.5, 0.6) is 0 Å². The third-order valence-electron chi connectivity index (χ3n) is 2.20. The Morgan fingerprint density at radius 2 is 1.94 bits per heavy atom. The van der Waals surface area contributed by atoms with E-state index in [4.69, 9.17) is 6.57 Å². The van der Waals surface area contributed by atoms with Crippen LogP contribution in [0.15, 0.2) is 33.9 Å². The molecule has 0 aliphatic carbocycles. The van der Waals surface area contributed by atoms with E-state index < -0.39 is 11.2 Å². The van der Waals surface area contributed by atoms with Gasteiger partial charge in [-0.2, -0.15) is 0 Å². The smallest absolute Gasteiger partial charge is 0.354 e. The standard InChI is InChI=1S/C11H8N4O2/c1-7-3-5-8(6-4-7)15-11(17)13-10(16)9(12-2)14-15/h3-6H,1H3,(H,13,16,17). The van der Waals surface area contributed by atoms with E-state index in [1.165, 1.54) is 0 Å². The molecule has 0 fully saturated rings. The number of rotatable bonds is 1. The summed E-state index contributed by atoms with van der Waals surface area (Å²) in [6.45, 7) is 8.69. The quantitative estimate of drug-likeness (QED) is 0.733. The lowest BCUT2D eigenvalue weighted by molar-refractivity contribution is 0.761. The summed E-state index contributed by atoms with van der Waals surface area (Å²) in [5.74, 6) is -0.356. The molecule has 0 atom stereocenters. The molecule has 1 aromatic carbocycles. The van der Waals surface area contributed by atoms with Crippen LogP contribution < -0.4 is 11.2 Å². The van der Waals surface area contributed by atoms with Gasteiger partial charge in [-0.15, -0.1) is 4.68 Å². The van der Waals surface area contributed by atoms with Crippen molar-refractivity contribution in [1.29, 1.82) is 0 Å². The van der Waals surface area contributed by atoms with Crippen molar-refractivity contribution in [1.82, 2.24) is 14.8 Å². The van der Waals surface area contributed by atoms with Crippen LogP contribution in [0.3, 0.4) is 0 Å². The van der Waals surface area contributed by atoms with Crippen molar-refractivity contribution in [3.05, 3.63) is 62.1 Å². The van der Waals surface area contributed by atoms with E-state index in [0.29, 0.717) is 5.69 Å². The molecular formula is C11H8N4O2. The van der Waals surface area contributed by atoms with Gasteiger partial charge >= 0.3 is 11.5 Å². The Kier molecular flexibility index (Phi) is 2.58. The maximum absolute atomic E-state index is 11.5. The highest BCUT2D eigenvalue weighted by atomic mass is 16.2. The lowest BCUT2D eigenvalue weighted by Gasteiger charge is -2.00. The molecule has 2 rings (SSSR count). The molecule has 0 spiro atoms. The molecular weight excluding hydrogens is 220 g/mol. The van der Waals surface area contributed by atoms with Gasteiger partial charge < -0.3 is 4.85 Å². The van der Waals surface area contributed by atoms with E-state index in [0.717, 1.165) is 10.2 Å². The first-order chi connectivity index (χ1) is 8.11. The van der Waals surface area contributed by atoms with Gasteiger partial charge in [0, 0.05) is 0 Å². The molecule has 84 valence electrons. The molecule has 2 aromatic rings. The zero-order valence-electron chi connectivity index (χ0n) is 8.97. The molecule has 0 aliphatic rings. The predicted octanol–water partition coefficient (Wildman–Crippen LogP) is 0.780. The van der Waals surface area contributed by atoms with Gasteiger partial charge in [-0.05, 0) is 24.2 Å². The summed E-state index contributed by atoms with van der Waals surface area (Å²) in [5, 5.41) is 3.70. The average Bonchev–Trinajstić information content (AvgIpc) is 2.31. The van der Waals surface area contributed by atoms with Crippen LogP contribution in [0.2, 0.25) is 0 Å². The molecule has 0 aliphatic heterocycles. The molecule has 0 saturated carbocycles. The number of benzene rings is 1. The minimum absolute atomic E-state index is 0.356. The highest BCUT2D eigenvalue weighted by molar-refractivity contribution is 5.36. The van der Waals surface area contributed by atoms with Gasteiger partial charge in [0.25, 0.3) is 5.56 Å². The zero-order chi connectivity index (χ0) is 12.4. The molecule has 6 nitrogen and oxygen atoms in total. The summed E-state index contributed by atoms with van der Waals surface area (Å²) >= 11 is 0. The van der Waals surface area contributed by atoms with E-state index in [1.807, 2.05) is 24.0 Å². The number of nitrogens with zero attached hydrogens (tertiary/aromatic N) is 3. The van der Waals surface area contributed by atoms with Crippen LogP contribution in [-0.4, -0.2) is 14.8 Å². The first-order valence-electron chi connectivity index (χ1n) is 4.80. The number of aromatic nitrogens is 3. The normalized spacial score (nSPS) is 9.88. The number of aromatic amines is 1. The van der Waals surface area contributed by atoms with Crippen molar-refractivity contribution in [2.24, 2.45) is 0 Å². The van der Waals surface area contributed by atoms with Gasteiger partial charge in [-0.25, -0.2) is 4.79 Å². The number of hydrogen-bond acceptors (Lipinski definition) is 3. The lowest BCUT2D eigenvalue weighted by atomic mass is 10.2. The lowest BCUT2D eigenvalue weighted by Crippen LogP contribution is -2.30. The molecule has 0 bridgehead atoms. The van der Waals surface area contributed by atoms with Crippen LogP contribution in [0.4, 0.5) is 5.82 Å². The molecule has 0 unspecified atom stereocenters. The second kappa shape index (κ2) is 4.06. The highest BCUT2D eigenvalue weighted by Crippen LogP contribution is 2.06. The van der Waals surface area contributed by atoms with Gasteiger partial charge in [-0.1, -0.05) is 24.3 Å². The summed E-state index contributed by atoms with van der Waals surface area (Å²) < 4.78 is 0.994. The van der Waals surface area contributed by atoms with Crippen molar-refractivity contribution in [3.63, 3.8) is 0 Å². The average molecular weight is 228 g/mol. The van der Waals surface area contributed by atoms with Crippen molar-refractivity contribution in [2.75, 3.05) is 0 Å². The van der Waals surface area contributed by atoms with Crippen molar-refractivity contribution in [3.8, 4) is 5.69 Å². The van der Waals surface area contributed by atoms with Crippen molar-refractivity contribution >= 4 is 5.82 Å². The summed E-state index contributed by atoms with van der Waals surface area (Å²) in [4.78, 5) is 27.7. The third kappa shape index (κ3) is 1.99. The largest absolute Gasteiger partial charge is 0.365 e. The van der Waals surface area contributed by atoms with Crippen LogP contribution in [0, 0.1) is 13.5 Å². The summed E-state index contributed by atoms with van der Waals surface area (Å²) in [6, 6.07) is 7.00. The number of nitrogens with one attached hydrogen (secondary N) is 1. The molecule has 6 heteroatoms. The van der Waals surface area contributed by atoms with Gasteiger partial charge in [0.15, 0.2) is 0 Å². The molecule has 0 amide bonds. The minimum Gasteiger partial charge on any atom is -0.354 e. The Balaban J connectivity index is 2.68. The summed E-state index contributed by atoms with van der Waals surface area (Å²) in [7, 11) is 0. The first kappa shape index (κ1) is 10.8. The van der Waals surface area contributed by atoms with Gasteiger partial charge in [0.1, 0.15) is 0 Å². The number of aryl methyl sites for hydroxylation is 1. The Hall–Kier alpha value is -2.68. The first-order valence-corrected chi connectivity index (χ1v) is 4.80. The van der Waals surface area contributed by atoms with Crippen molar-refractivity contribution < 1.29 is 0 Å². The van der Waals surface area contributed by atoms with E-state index in [2.05, 4.69) is 9.94 Å². The zero-order valence-corrected chi connectivity index (χ0v) is 8.97. The Morgan fingerprint density at radius 1 is 1.29 bits per heavy atom. The molecule has 0 radical (unpaired) electrons. The molecule has 0 saturated heterocycles. The van der Waals surface area contributed by atoms with Crippen molar-refractivity contribution in [2.45, 2.75) is 6.92 Å². The fraction of sp³-hybridized carbons (Fsp3) is 0.0909. The maximum Gasteiger partial charge on any atom is 0.365 e. The van der Waals surface area contributed by atoms with Gasteiger partial charge in [0.05, 0.1) is 5.69 Å². The SMILES string of the molecule is [C-]#[N+]c1nn(-c2ccc(C)cc2)c(=O)[nH]c1=O. The predicted molar refractivity (Wildman–Crippen MR) is 61.5 cm³/mol. The Morgan fingerprint density at radius 3 is 2.53 bits per heavy atom. The van der Waals surface area contributed by atoms with Gasteiger partial charge in [-0.3, -0.25) is 9.78 Å². The third-order valence-corrected chi connectivity index (χ3v) is 2.20. The molecule has 17 heavy (non-hydrogen) atoms. The second-order valence-electron chi connectivity index (χ2n) is 3.44. The van der Waals surface area contributed by atoms with Crippen LogP contribution >= 0.6 is 0 Å². The van der Waals surface area contributed by atoms with E-state index in [-0.39, 0.29) is 5.82 Å². The fourth-order valence-electron chi connectivity index (χ4n) is 1.33.